The van der Waals surface area contributed by atoms with Gasteiger partial charge >= 0.3 is 0 Å². The number of aryl methyl sites for hydroxylation is 1. The molecule has 190 valence electrons. The highest BCUT2D eigenvalue weighted by molar-refractivity contribution is 7.92. The maximum Gasteiger partial charge on any atom is 0.264 e. The van der Waals surface area contributed by atoms with Crippen molar-refractivity contribution in [1.29, 1.82) is 0 Å². The maximum absolute atomic E-state index is 13.7. The molecule has 9 heteroatoms. The van der Waals surface area contributed by atoms with Crippen LogP contribution >= 0.6 is 11.6 Å². The van der Waals surface area contributed by atoms with Crippen molar-refractivity contribution < 1.29 is 18.0 Å². The first-order chi connectivity index (χ1) is 17.1. The first-order valence-corrected chi connectivity index (χ1v) is 13.4. The fourth-order valence-corrected chi connectivity index (χ4v) is 5.28. The highest BCUT2D eigenvalue weighted by Gasteiger charge is 2.32. The minimum absolute atomic E-state index is 0.0698. The molecule has 1 N–H and O–H groups in total. The lowest BCUT2D eigenvalue weighted by Gasteiger charge is -2.32. The third-order valence-electron chi connectivity index (χ3n) is 5.68. The van der Waals surface area contributed by atoms with Gasteiger partial charge in [-0.3, -0.25) is 13.9 Å². The van der Waals surface area contributed by atoms with Crippen LogP contribution in [0.5, 0.6) is 0 Å². The summed E-state index contributed by atoms with van der Waals surface area (Å²) in [5.41, 5.74) is 1.98. The molecular weight excluding hydrogens is 498 g/mol. The maximum atomic E-state index is 13.7. The summed E-state index contributed by atoms with van der Waals surface area (Å²) < 4.78 is 28.4. The van der Waals surface area contributed by atoms with Gasteiger partial charge in [-0.25, -0.2) is 8.42 Å². The number of anilines is 1. The third-order valence-corrected chi connectivity index (χ3v) is 7.72. The molecular formula is C27H30ClN3O4S. The number of rotatable bonds is 10. The van der Waals surface area contributed by atoms with E-state index in [0.717, 1.165) is 15.4 Å². The zero-order chi connectivity index (χ0) is 26.3. The Morgan fingerprint density at radius 1 is 0.972 bits per heavy atom. The predicted octanol–water partition coefficient (Wildman–Crippen LogP) is 4.40. The van der Waals surface area contributed by atoms with Crippen LogP contribution in [0.3, 0.4) is 0 Å². The Morgan fingerprint density at radius 2 is 1.64 bits per heavy atom. The van der Waals surface area contributed by atoms with Crippen LogP contribution in [0.4, 0.5) is 5.69 Å². The van der Waals surface area contributed by atoms with Crippen LogP contribution in [0.15, 0.2) is 83.8 Å². The van der Waals surface area contributed by atoms with E-state index in [1.807, 2.05) is 13.0 Å². The highest BCUT2D eigenvalue weighted by atomic mass is 35.5. The second kappa shape index (κ2) is 12.1. The van der Waals surface area contributed by atoms with Gasteiger partial charge in [0.05, 0.1) is 10.6 Å². The van der Waals surface area contributed by atoms with E-state index in [4.69, 9.17) is 11.6 Å². The number of sulfonamides is 1. The SMILES string of the molecule is CCNC(=O)C(C)N(Cc1ccc(Cl)cc1)C(=O)CN(c1cccc(C)c1)S(=O)(=O)c1ccccc1. The van der Waals surface area contributed by atoms with E-state index in [1.54, 1.807) is 74.5 Å². The van der Waals surface area contributed by atoms with Gasteiger partial charge in [0.25, 0.3) is 10.0 Å². The molecule has 0 bridgehead atoms. The summed E-state index contributed by atoms with van der Waals surface area (Å²) in [6.45, 7) is 5.31. The normalized spacial score (nSPS) is 12.0. The molecule has 1 atom stereocenters. The van der Waals surface area contributed by atoms with Crippen LogP contribution in [-0.2, 0) is 26.2 Å². The van der Waals surface area contributed by atoms with E-state index in [-0.39, 0.29) is 17.3 Å². The third kappa shape index (κ3) is 6.65. The van der Waals surface area contributed by atoms with E-state index in [9.17, 15) is 18.0 Å². The topological polar surface area (TPSA) is 86.8 Å². The Bertz CT molecular complexity index is 1300. The van der Waals surface area contributed by atoms with Crippen LogP contribution in [0.25, 0.3) is 0 Å². The molecule has 1 unspecified atom stereocenters. The number of nitrogens with zero attached hydrogens (tertiary/aromatic N) is 2. The van der Waals surface area contributed by atoms with E-state index in [2.05, 4.69) is 5.32 Å². The van der Waals surface area contributed by atoms with Gasteiger partial charge in [-0.2, -0.15) is 0 Å². The molecule has 0 radical (unpaired) electrons. The van der Waals surface area contributed by atoms with Gasteiger partial charge < -0.3 is 10.2 Å². The summed E-state index contributed by atoms with van der Waals surface area (Å²) in [5, 5.41) is 3.29. The van der Waals surface area contributed by atoms with Crippen molar-refractivity contribution in [2.24, 2.45) is 0 Å². The average Bonchev–Trinajstić information content (AvgIpc) is 2.87. The zero-order valence-electron chi connectivity index (χ0n) is 20.5. The standard InChI is InChI=1S/C27H30ClN3O4S/c1-4-29-27(33)21(3)30(18-22-13-15-23(28)16-14-22)26(32)19-31(24-10-8-9-20(2)17-24)36(34,35)25-11-6-5-7-12-25/h5-17,21H,4,18-19H2,1-3H3,(H,29,33). The van der Waals surface area contributed by atoms with E-state index >= 15 is 0 Å². The Labute approximate surface area is 217 Å². The van der Waals surface area contributed by atoms with Crippen LogP contribution in [0, 0.1) is 6.92 Å². The number of likely N-dealkylation sites (N-methyl/N-ethyl adjacent to an activating group) is 1. The monoisotopic (exact) mass is 527 g/mol. The Hall–Kier alpha value is -3.36. The number of benzene rings is 3. The highest BCUT2D eigenvalue weighted by Crippen LogP contribution is 2.25. The molecule has 0 spiro atoms. The second-order valence-electron chi connectivity index (χ2n) is 8.38. The zero-order valence-corrected chi connectivity index (χ0v) is 22.1. The molecule has 0 heterocycles. The summed E-state index contributed by atoms with van der Waals surface area (Å²) in [6, 6.07) is 21.0. The molecule has 0 aliphatic rings. The molecule has 0 aliphatic heterocycles. The second-order valence-corrected chi connectivity index (χ2v) is 10.7. The van der Waals surface area contributed by atoms with Gasteiger partial charge in [0, 0.05) is 18.1 Å². The number of amides is 2. The lowest BCUT2D eigenvalue weighted by atomic mass is 10.1. The lowest BCUT2D eigenvalue weighted by Crippen LogP contribution is -2.51. The minimum atomic E-state index is -4.07. The number of nitrogens with one attached hydrogen (secondary N) is 1. The van der Waals surface area contributed by atoms with E-state index < -0.39 is 28.5 Å². The van der Waals surface area contributed by atoms with Crippen molar-refractivity contribution in [1.82, 2.24) is 10.2 Å². The van der Waals surface area contributed by atoms with E-state index in [1.165, 1.54) is 17.0 Å². The quantitative estimate of drug-likeness (QED) is 0.423. The fourth-order valence-electron chi connectivity index (χ4n) is 3.72. The molecule has 0 saturated heterocycles. The summed E-state index contributed by atoms with van der Waals surface area (Å²) in [5.74, 6) is -0.836. The molecule has 3 aromatic rings. The molecule has 0 aliphatic carbocycles. The molecule has 0 fully saturated rings. The first-order valence-electron chi connectivity index (χ1n) is 11.6. The number of halogens is 1. The molecule has 7 nitrogen and oxygen atoms in total. The van der Waals surface area contributed by atoms with Crippen molar-refractivity contribution >= 4 is 39.1 Å². The average molecular weight is 528 g/mol. The Morgan fingerprint density at radius 3 is 2.25 bits per heavy atom. The van der Waals surface area contributed by atoms with Gasteiger partial charge in [0.15, 0.2) is 0 Å². The molecule has 2 amide bonds. The van der Waals surface area contributed by atoms with Crippen molar-refractivity contribution in [2.75, 3.05) is 17.4 Å². The van der Waals surface area contributed by atoms with Gasteiger partial charge in [0.1, 0.15) is 12.6 Å². The van der Waals surface area contributed by atoms with Crippen molar-refractivity contribution in [3.05, 3.63) is 95.0 Å². The van der Waals surface area contributed by atoms with Crippen molar-refractivity contribution in [2.45, 2.75) is 38.3 Å². The van der Waals surface area contributed by atoms with Crippen LogP contribution in [0.1, 0.15) is 25.0 Å². The van der Waals surface area contributed by atoms with Crippen LogP contribution < -0.4 is 9.62 Å². The number of carbonyl (C=O) groups excluding carboxylic acids is 2. The van der Waals surface area contributed by atoms with Crippen LogP contribution in [-0.4, -0.2) is 44.3 Å². The summed E-state index contributed by atoms with van der Waals surface area (Å²) in [4.78, 5) is 27.9. The Kier molecular flexibility index (Phi) is 9.12. The fraction of sp³-hybridized carbons (Fsp3) is 0.259. The minimum Gasteiger partial charge on any atom is -0.355 e. The predicted molar refractivity (Wildman–Crippen MR) is 142 cm³/mol. The lowest BCUT2D eigenvalue weighted by molar-refractivity contribution is -0.139. The first kappa shape index (κ1) is 27.2. The molecule has 0 aromatic heterocycles. The number of hydrogen-bond acceptors (Lipinski definition) is 4. The van der Waals surface area contributed by atoms with Gasteiger partial charge in [-0.1, -0.05) is 54.1 Å². The summed E-state index contributed by atoms with van der Waals surface area (Å²) >= 11 is 6.00. The number of carbonyl (C=O) groups is 2. The summed E-state index contributed by atoms with van der Waals surface area (Å²) in [7, 11) is -4.07. The molecule has 0 saturated carbocycles. The van der Waals surface area contributed by atoms with Gasteiger partial charge in [-0.15, -0.1) is 0 Å². The molecule has 3 rings (SSSR count). The molecule has 36 heavy (non-hydrogen) atoms. The van der Waals surface area contributed by atoms with Gasteiger partial charge in [0.2, 0.25) is 11.8 Å². The summed E-state index contributed by atoms with van der Waals surface area (Å²) in [6.07, 6.45) is 0. The van der Waals surface area contributed by atoms with Crippen molar-refractivity contribution in [3.63, 3.8) is 0 Å². The smallest absolute Gasteiger partial charge is 0.264 e. The van der Waals surface area contributed by atoms with Crippen molar-refractivity contribution in [3.8, 4) is 0 Å². The number of hydrogen-bond donors (Lipinski definition) is 1. The largest absolute Gasteiger partial charge is 0.355 e. The van der Waals surface area contributed by atoms with Crippen LogP contribution in [0.2, 0.25) is 5.02 Å². The Balaban J connectivity index is 2.01. The molecule has 3 aromatic carbocycles. The van der Waals surface area contributed by atoms with E-state index in [0.29, 0.717) is 17.3 Å². The van der Waals surface area contributed by atoms with Gasteiger partial charge in [-0.05, 0) is 68.3 Å².